The molecule has 9 heteroatoms. The molecule has 1 fully saturated rings. The smallest absolute Gasteiger partial charge is 0.215 e. The zero-order chi connectivity index (χ0) is 22.7. The molecule has 0 amide bonds. The highest BCUT2D eigenvalue weighted by molar-refractivity contribution is 6.32. The van der Waals surface area contributed by atoms with E-state index in [0.717, 1.165) is 43.2 Å². The molecule has 0 radical (unpaired) electrons. The van der Waals surface area contributed by atoms with Gasteiger partial charge in [-0.25, -0.2) is 4.39 Å². The second-order valence-electron chi connectivity index (χ2n) is 7.72. The van der Waals surface area contributed by atoms with Gasteiger partial charge in [-0.1, -0.05) is 18.2 Å². The normalized spacial score (nSPS) is 18.0. The summed E-state index contributed by atoms with van der Waals surface area (Å²) in [4.78, 5) is 2.33. The van der Waals surface area contributed by atoms with E-state index in [1.54, 1.807) is 12.1 Å². The molecular formula is C23H28ClFN6O. The third-order valence-corrected chi connectivity index (χ3v) is 5.93. The number of nitrogens with two attached hydrogens (primary N) is 1. The Balaban J connectivity index is 1.47. The molecule has 0 aliphatic carbocycles. The molecule has 4 rings (SSSR count). The minimum atomic E-state index is -0.420. The lowest BCUT2D eigenvalue weighted by atomic mass is 9.97. The molecule has 1 saturated heterocycles. The van der Waals surface area contributed by atoms with Gasteiger partial charge in [0.05, 0.1) is 18.4 Å². The predicted molar refractivity (Wildman–Crippen MR) is 128 cm³/mol. The number of rotatable bonds is 8. The number of fused-ring (bicyclic) bond motifs is 1. The summed E-state index contributed by atoms with van der Waals surface area (Å²) in [5.41, 5.74) is 9.38. The van der Waals surface area contributed by atoms with Crippen LogP contribution in [0.2, 0.25) is 0 Å². The van der Waals surface area contributed by atoms with Gasteiger partial charge < -0.3 is 36.6 Å². The Morgan fingerprint density at radius 3 is 2.62 bits per heavy atom. The highest BCUT2D eigenvalue weighted by Crippen LogP contribution is 2.41. The fourth-order valence-corrected chi connectivity index (χ4v) is 3.99. The van der Waals surface area contributed by atoms with Gasteiger partial charge in [-0.3, -0.25) is 0 Å². The first-order chi connectivity index (χ1) is 15.5. The number of nitrogens with zero attached hydrogens (tertiary/aromatic N) is 1. The molecule has 1 unspecified atom stereocenters. The Bertz CT molecular complexity index is 1020. The summed E-state index contributed by atoms with van der Waals surface area (Å²) in [7, 11) is 0. The van der Waals surface area contributed by atoms with E-state index >= 15 is 0 Å². The Morgan fingerprint density at radius 1 is 1.25 bits per heavy atom. The van der Waals surface area contributed by atoms with Crippen molar-refractivity contribution in [3.05, 3.63) is 71.0 Å². The van der Waals surface area contributed by atoms with Crippen molar-refractivity contribution < 1.29 is 9.13 Å². The van der Waals surface area contributed by atoms with Crippen molar-refractivity contribution in [2.75, 3.05) is 48.4 Å². The maximum absolute atomic E-state index is 14.8. The molecule has 2 heterocycles. The van der Waals surface area contributed by atoms with Crippen molar-refractivity contribution >= 4 is 28.7 Å². The van der Waals surface area contributed by atoms with Crippen molar-refractivity contribution in [2.45, 2.75) is 13.0 Å². The second-order valence-corrected chi connectivity index (χ2v) is 8.10. The molecule has 2 aromatic rings. The SMILES string of the molecule is C=C(Nc1ccc(N2CCNCC2)cc1)/C(Cl)=C(\NCN)Oc1ccc2c(c1F)C(C)N2. The van der Waals surface area contributed by atoms with Gasteiger partial charge in [0, 0.05) is 48.8 Å². The molecule has 2 aromatic carbocycles. The Hall–Kier alpha value is -2.94. The fourth-order valence-electron chi connectivity index (χ4n) is 3.83. The minimum Gasteiger partial charge on any atom is -0.437 e. The maximum Gasteiger partial charge on any atom is 0.215 e. The fraction of sp³-hybridized carbons (Fsp3) is 0.304. The van der Waals surface area contributed by atoms with E-state index in [1.165, 1.54) is 0 Å². The van der Waals surface area contributed by atoms with Crippen molar-refractivity contribution in [3.63, 3.8) is 0 Å². The highest BCUT2D eigenvalue weighted by atomic mass is 35.5. The van der Waals surface area contributed by atoms with Crippen LogP contribution < -0.4 is 36.6 Å². The number of piperazine rings is 1. The second kappa shape index (κ2) is 9.68. The monoisotopic (exact) mass is 458 g/mol. The summed E-state index contributed by atoms with van der Waals surface area (Å²) in [6.07, 6.45) is 0. The van der Waals surface area contributed by atoms with Gasteiger partial charge in [0.15, 0.2) is 11.6 Å². The van der Waals surface area contributed by atoms with E-state index in [-0.39, 0.29) is 29.4 Å². The summed E-state index contributed by atoms with van der Waals surface area (Å²) in [6.45, 7) is 9.86. The van der Waals surface area contributed by atoms with E-state index in [1.807, 2.05) is 19.1 Å². The van der Waals surface area contributed by atoms with Gasteiger partial charge in [-0.2, -0.15) is 0 Å². The van der Waals surface area contributed by atoms with Crippen LogP contribution >= 0.6 is 11.6 Å². The van der Waals surface area contributed by atoms with E-state index in [2.05, 4.69) is 44.9 Å². The van der Waals surface area contributed by atoms with Crippen LogP contribution in [0.4, 0.5) is 21.5 Å². The average molecular weight is 459 g/mol. The molecule has 170 valence electrons. The van der Waals surface area contributed by atoms with Crippen LogP contribution in [-0.2, 0) is 0 Å². The van der Waals surface area contributed by atoms with E-state index in [4.69, 9.17) is 22.1 Å². The molecule has 0 bridgehead atoms. The number of ether oxygens (including phenoxy) is 1. The standard InChI is InChI=1S/C23H28ClFN6O/c1-14-20-18(30-14)7-8-19(22(20)25)32-23(28-13-26)21(24)15(2)29-16-3-5-17(6-4-16)31-11-9-27-10-12-31/h3-8,14,27-30H,2,9-13,26H2,1H3/b23-21-. The lowest BCUT2D eigenvalue weighted by molar-refractivity contribution is 0.356. The summed E-state index contributed by atoms with van der Waals surface area (Å²) in [5.74, 6) is -0.223. The molecule has 0 saturated carbocycles. The lowest BCUT2D eigenvalue weighted by Crippen LogP contribution is -2.43. The number of benzene rings is 2. The van der Waals surface area contributed by atoms with Gasteiger partial charge in [-0.15, -0.1) is 0 Å². The van der Waals surface area contributed by atoms with Crippen LogP contribution in [0.1, 0.15) is 18.5 Å². The lowest BCUT2D eigenvalue weighted by Gasteiger charge is -2.30. The van der Waals surface area contributed by atoms with Gasteiger partial charge in [0.25, 0.3) is 0 Å². The Labute approximate surface area is 192 Å². The Morgan fingerprint density at radius 2 is 1.97 bits per heavy atom. The van der Waals surface area contributed by atoms with Crippen molar-refractivity contribution in [1.29, 1.82) is 0 Å². The van der Waals surface area contributed by atoms with Crippen molar-refractivity contribution in [3.8, 4) is 5.75 Å². The molecule has 1 atom stereocenters. The molecule has 32 heavy (non-hydrogen) atoms. The average Bonchev–Trinajstić information content (AvgIpc) is 2.80. The number of allylic oxidation sites excluding steroid dienone is 1. The van der Waals surface area contributed by atoms with Crippen molar-refractivity contribution in [2.24, 2.45) is 5.73 Å². The van der Waals surface area contributed by atoms with Gasteiger partial charge in [0.2, 0.25) is 5.88 Å². The summed E-state index contributed by atoms with van der Waals surface area (Å²) >= 11 is 6.52. The predicted octanol–water partition coefficient (Wildman–Crippen LogP) is 3.64. The number of halogens is 2. The maximum atomic E-state index is 14.8. The van der Waals surface area contributed by atoms with Crippen LogP contribution in [0.3, 0.4) is 0 Å². The molecule has 0 aromatic heterocycles. The van der Waals surface area contributed by atoms with Crippen molar-refractivity contribution in [1.82, 2.24) is 10.6 Å². The van der Waals surface area contributed by atoms with Crippen LogP contribution in [0.15, 0.2) is 59.6 Å². The zero-order valence-corrected chi connectivity index (χ0v) is 18.7. The van der Waals surface area contributed by atoms with Gasteiger partial charge in [-0.05, 0) is 43.3 Å². The summed E-state index contributed by atoms with van der Waals surface area (Å²) in [6, 6.07) is 11.3. The third-order valence-electron chi connectivity index (χ3n) is 5.53. The Kier molecular flexibility index (Phi) is 6.74. The minimum absolute atomic E-state index is 0.0583. The van der Waals surface area contributed by atoms with Crippen LogP contribution in [0.25, 0.3) is 0 Å². The molecule has 2 aliphatic heterocycles. The number of hydrogen-bond donors (Lipinski definition) is 5. The number of nitrogens with one attached hydrogen (secondary N) is 4. The zero-order valence-electron chi connectivity index (χ0n) is 18.0. The highest BCUT2D eigenvalue weighted by Gasteiger charge is 2.28. The third kappa shape index (κ3) is 4.62. The van der Waals surface area contributed by atoms with E-state index < -0.39 is 5.82 Å². The first-order valence-electron chi connectivity index (χ1n) is 10.6. The quantitative estimate of drug-likeness (QED) is 0.234. The first-order valence-corrected chi connectivity index (χ1v) is 11.0. The molecule has 0 spiro atoms. The summed E-state index contributed by atoms with van der Waals surface area (Å²) < 4.78 is 20.6. The van der Waals surface area contributed by atoms with Crippen LogP contribution in [0, 0.1) is 5.82 Å². The largest absolute Gasteiger partial charge is 0.437 e. The number of hydrogen-bond acceptors (Lipinski definition) is 7. The molecule has 2 aliphatic rings. The van der Waals surface area contributed by atoms with E-state index in [9.17, 15) is 4.39 Å². The topological polar surface area (TPSA) is 86.6 Å². The molecular weight excluding hydrogens is 431 g/mol. The molecule has 7 nitrogen and oxygen atoms in total. The first kappa shape index (κ1) is 22.3. The van der Waals surface area contributed by atoms with E-state index in [0.29, 0.717) is 11.3 Å². The number of anilines is 3. The van der Waals surface area contributed by atoms with Crippen LogP contribution in [-0.4, -0.2) is 32.8 Å². The van der Waals surface area contributed by atoms with Gasteiger partial charge in [0.1, 0.15) is 5.03 Å². The molecule has 6 N–H and O–H groups in total. The summed E-state index contributed by atoms with van der Waals surface area (Å²) in [5, 5.41) is 12.7. The van der Waals surface area contributed by atoms with Gasteiger partial charge >= 0.3 is 0 Å². The van der Waals surface area contributed by atoms with Crippen LogP contribution in [0.5, 0.6) is 5.75 Å².